The molecule has 0 radical (unpaired) electrons. The molecule has 1 unspecified atom stereocenters. The summed E-state index contributed by atoms with van der Waals surface area (Å²) in [4.78, 5) is 4.13. The molecule has 1 aliphatic rings. The van der Waals surface area contributed by atoms with Gasteiger partial charge in [-0.3, -0.25) is 4.99 Å². The molecular weight excluding hydrogens is 319 g/mol. The first kappa shape index (κ1) is 18.6. The van der Waals surface area contributed by atoms with E-state index in [1.807, 2.05) is 0 Å². The molecule has 1 fully saturated rings. The summed E-state index contributed by atoms with van der Waals surface area (Å²) in [7, 11) is 1.69. The first-order chi connectivity index (χ1) is 11.5. The fourth-order valence-electron chi connectivity index (χ4n) is 2.63. The SMILES string of the molecule is CN=C(NCCc1ccc(C(F)(F)F)cc1)NCCC1CCCO1. The van der Waals surface area contributed by atoms with Crippen LogP contribution < -0.4 is 10.6 Å². The van der Waals surface area contributed by atoms with E-state index >= 15 is 0 Å². The second kappa shape index (κ2) is 8.92. The zero-order valence-corrected chi connectivity index (χ0v) is 13.8. The van der Waals surface area contributed by atoms with Gasteiger partial charge in [0.15, 0.2) is 5.96 Å². The van der Waals surface area contributed by atoms with E-state index in [0.29, 0.717) is 25.0 Å². The van der Waals surface area contributed by atoms with Crippen LogP contribution in [0.3, 0.4) is 0 Å². The Balaban J connectivity index is 1.67. The van der Waals surface area contributed by atoms with E-state index in [4.69, 9.17) is 4.74 Å². The molecule has 2 N–H and O–H groups in total. The van der Waals surface area contributed by atoms with Crippen molar-refractivity contribution in [1.82, 2.24) is 10.6 Å². The largest absolute Gasteiger partial charge is 0.416 e. The van der Waals surface area contributed by atoms with Gasteiger partial charge in [-0.15, -0.1) is 0 Å². The number of halogens is 3. The molecule has 0 amide bonds. The molecule has 0 bridgehead atoms. The lowest BCUT2D eigenvalue weighted by Gasteiger charge is -2.14. The highest BCUT2D eigenvalue weighted by Gasteiger charge is 2.29. The van der Waals surface area contributed by atoms with Gasteiger partial charge in [0.25, 0.3) is 0 Å². The zero-order valence-electron chi connectivity index (χ0n) is 13.8. The molecule has 1 aliphatic heterocycles. The summed E-state index contributed by atoms with van der Waals surface area (Å²) in [5.74, 6) is 0.694. The molecule has 134 valence electrons. The lowest BCUT2D eigenvalue weighted by Crippen LogP contribution is -2.39. The van der Waals surface area contributed by atoms with Gasteiger partial charge in [0.05, 0.1) is 11.7 Å². The van der Waals surface area contributed by atoms with Gasteiger partial charge in [-0.25, -0.2) is 0 Å². The van der Waals surface area contributed by atoms with Crippen LogP contribution in [-0.4, -0.2) is 38.8 Å². The van der Waals surface area contributed by atoms with Crippen molar-refractivity contribution in [3.8, 4) is 0 Å². The number of ether oxygens (including phenoxy) is 1. The fourth-order valence-corrected chi connectivity index (χ4v) is 2.63. The van der Waals surface area contributed by atoms with Gasteiger partial charge < -0.3 is 15.4 Å². The zero-order chi connectivity index (χ0) is 17.4. The Morgan fingerprint density at radius 1 is 1.21 bits per heavy atom. The molecule has 0 saturated carbocycles. The third-order valence-corrected chi connectivity index (χ3v) is 3.99. The third kappa shape index (κ3) is 6.03. The van der Waals surface area contributed by atoms with Crippen LogP contribution in [0.4, 0.5) is 13.2 Å². The molecule has 1 aromatic carbocycles. The summed E-state index contributed by atoms with van der Waals surface area (Å²) in [5, 5.41) is 6.39. The standard InChI is InChI=1S/C17H24F3N3O/c1-21-16(23-11-9-15-3-2-12-24-15)22-10-8-13-4-6-14(7-5-13)17(18,19)20/h4-7,15H,2-3,8-12H2,1H3,(H2,21,22,23). The second-order valence-electron chi connectivity index (χ2n) is 5.79. The number of aliphatic imine (C=N–C) groups is 1. The van der Waals surface area contributed by atoms with E-state index in [0.717, 1.165) is 50.1 Å². The van der Waals surface area contributed by atoms with Crippen molar-refractivity contribution in [3.63, 3.8) is 0 Å². The van der Waals surface area contributed by atoms with Gasteiger partial charge in [0, 0.05) is 26.7 Å². The molecule has 2 rings (SSSR count). The van der Waals surface area contributed by atoms with E-state index in [1.165, 1.54) is 12.1 Å². The van der Waals surface area contributed by atoms with Crippen LogP contribution in [0.5, 0.6) is 0 Å². The van der Waals surface area contributed by atoms with Crippen molar-refractivity contribution < 1.29 is 17.9 Å². The molecule has 4 nitrogen and oxygen atoms in total. The Kier molecular flexibility index (Phi) is 6.90. The maximum atomic E-state index is 12.5. The van der Waals surface area contributed by atoms with Crippen molar-refractivity contribution in [3.05, 3.63) is 35.4 Å². The first-order valence-corrected chi connectivity index (χ1v) is 8.21. The van der Waals surface area contributed by atoms with E-state index in [9.17, 15) is 13.2 Å². The van der Waals surface area contributed by atoms with Crippen molar-refractivity contribution in [1.29, 1.82) is 0 Å². The number of alkyl halides is 3. The Hall–Kier alpha value is -1.76. The van der Waals surface area contributed by atoms with Gasteiger partial charge >= 0.3 is 6.18 Å². The van der Waals surface area contributed by atoms with Gasteiger partial charge in [-0.2, -0.15) is 13.2 Å². The third-order valence-electron chi connectivity index (χ3n) is 3.99. The number of benzene rings is 1. The highest BCUT2D eigenvalue weighted by Crippen LogP contribution is 2.29. The molecular formula is C17H24F3N3O. The lowest BCUT2D eigenvalue weighted by atomic mass is 10.1. The normalized spacial score (nSPS) is 18.7. The van der Waals surface area contributed by atoms with Crippen LogP contribution in [-0.2, 0) is 17.3 Å². The molecule has 1 aromatic rings. The van der Waals surface area contributed by atoms with Crippen LogP contribution in [0.1, 0.15) is 30.4 Å². The van der Waals surface area contributed by atoms with Gasteiger partial charge in [0.1, 0.15) is 0 Å². The number of hydrogen-bond donors (Lipinski definition) is 2. The lowest BCUT2D eigenvalue weighted by molar-refractivity contribution is -0.137. The molecule has 1 heterocycles. The average molecular weight is 343 g/mol. The minimum Gasteiger partial charge on any atom is -0.378 e. The molecule has 24 heavy (non-hydrogen) atoms. The molecule has 0 aromatic heterocycles. The van der Waals surface area contributed by atoms with Crippen LogP contribution in [0.2, 0.25) is 0 Å². The van der Waals surface area contributed by atoms with E-state index < -0.39 is 11.7 Å². The Labute approximate surface area is 140 Å². The van der Waals surface area contributed by atoms with E-state index in [2.05, 4.69) is 15.6 Å². The van der Waals surface area contributed by atoms with Gasteiger partial charge in [-0.1, -0.05) is 12.1 Å². The van der Waals surface area contributed by atoms with Crippen molar-refractivity contribution in [2.75, 3.05) is 26.7 Å². The summed E-state index contributed by atoms with van der Waals surface area (Å²) in [6.45, 7) is 2.24. The second-order valence-corrected chi connectivity index (χ2v) is 5.79. The minimum absolute atomic E-state index is 0.336. The summed E-state index contributed by atoms with van der Waals surface area (Å²) in [5.41, 5.74) is 0.233. The summed E-state index contributed by atoms with van der Waals surface area (Å²) in [6, 6.07) is 5.25. The van der Waals surface area contributed by atoms with Gasteiger partial charge in [-0.05, 0) is 43.4 Å². The van der Waals surface area contributed by atoms with Crippen molar-refractivity contribution in [2.45, 2.75) is 38.0 Å². The average Bonchev–Trinajstić information content (AvgIpc) is 3.06. The summed E-state index contributed by atoms with van der Waals surface area (Å²) in [6.07, 6.45) is -0.134. The van der Waals surface area contributed by atoms with E-state index in [1.54, 1.807) is 7.05 Å². The number of rotatable bonds is 6. The number of nitrogens with one attached hydrogen (secondary N) is 2. The van der Waals surface area contributed by atoms with Crippen LogP contribution in [0, 0.1) is 0 Å². The number of nitrogens with zero attached hydrogens (tertiary/aromatic N) is 1. The highest BCUT2D eigenvalue weighted by atomic mass is 19.4. The number of hydrogen-bond acceptors (Lipinski definition) is 2. The summed E-state index contributed by atoms with van der Waals surface area (Å²) < 4.78 is 43.1. The highest BCUT2D eigenvalue weighted by molar-refractivity contribution is 5.79. The first-order valence-electron chi connectivity index (χ1n) is 8.21. The molecule has 1 atom stereocenters. The Morgan fingerprint density at radius 2 is 1.92 bits per heavy atom. The topological polar surface area (TPSA) is 45.7 Å². The fraction of sp³-hybridized carbons (Fsp3) is 0.588. The monoisotopic (exact) mass is 343 g/mol. The minimum atomic E-state index is -4.29. The van der Waals surface area contributed by atoms with Crippen LogP contribution >= 0.6 is 0 Å². The van der Waals surface area contributed by atoms with Crippen molar-refractivity contribution >= 4 is 5.96 Å². The Morgan fingerprint density at radius 3 is 2.50 bits per heavy atom. The predicted octanol–water partition coefficient (Wildman–Crippen LogP) is 2.98. The van der Waals surface area contributed by atoms with Crippen molar-refractivity contribution in [2.24, 2.45) is 4.99 Å². The quantitative estimate of drug-likeness (QED) is 0.617. The smallest absolute Gasteiger partial charge is 0.378 e. The van der Waals surface area contributed by atoms with Crippen LogP contribution in [0.25, 0.3) is 0 Å². The summed E-state index contributed by atoms with van der Waals surface area (Å²) >= 11 is 0. The van der Waals surface area contributed by atoms with Crippen LogP contribution in [0.15, 0.2) is 29.3 Å². The molecule has 7 heteroatoms. The molecule has 0 aliphatic carbocycles. The number of guanidine groups is 1. The Bertz CT molecular complexity index is 523. The maximum absolute atomic E-state index is 12.5. The maximum Gasteiger partial charge on any atom is 0.416 e. The van der Waals surface area contributed by atoms with E-state index in [-0.39, 0.29) is 0 Å². The predicted molar refractivity (Wildman–Crippen MR) is 88.1 cm³/mol. The molecule has 1 saturated heterocycles. The molecule has 0 spiro atoms. The van der Waals surface area contributed by atoms with Gasteiger partial charge in [0.2, 0.25) is 0 Å².